The monoisotopic (exact) mass is 258 g/mol. The van der Waals surface area contributed by atoms with Crippen molar-refractivity contribution >= 4 is 23.2 Å². The number of anilines is 1. The molecule has 3 nitrogen and oxygen atoms in total. The van der Waals surface area contributed by atoms with E-state index in [1.54, 1.807) is 7.05 Å². The van der Waals surface area contributed by atoms with Crippen LogP contribution >= 0.6 is 11.6 Å². The summed E-state index contributed by atoms with van der Waals surface area (Å²) in [6.45, 7) is 0.762. The third-order valence-corrected chi connectivity index (χ3v) is 2.70. The Morgan fingerprint density at radius 3 is 2.88 bits per heavy atom. The van der Waals surface area contributed by atoms with Crippen LogP contribution in [-0.2, 0) is 4.79 Å². The minimum Gasteiger partial charge on any atom is -0.320 e. The first-order valence-corrected chi connectivity index (χ1v) is 5.80. The molecule has 0 spiro atoms. The van der Waals surface area contributed by atoms with Crippen LogP contribution < -0.4 is 10.2 Å². The zero-order chi connectivity index (χ0) is 12.8. The average Bonchev–Trinajstić information content (AvgIpc) is 2.31. The van der Waals surface area contributed by atoms with Crippen molar-refractivity contribution < 1.29 is 9.18 Å². The number of hydrogen-bond donors (Lipinski definition) is 1. The fraction of sp³-hybridized carbons (Fsp3) is 0.417. The lowest BCUT2D eigenvalue weighted by atomic mass is 10.2. The molecule has 0 fully saturated rings. The number of nitrogens with zero attached hydrogens (tertiary/aromatic N) is 1. The van der Waals surface area contributed by atoms with Gasteiger partial charge in [0.05, 0.1) is 5.69 Å². The van der Waals surface area contributed by atoms with Crippen LogP contribution in [0.3, 0.4) is 0 Å². The van der Waals surface area contributed by atoms with E-state index < -0.39 is 5.82 Å². The highest BCUT2D eigenvalue weighted by molar-refractivity contribution is 6.30. The molecule has 0 saturated heterocycles. The van der Waals surface area contributed by atoms with Gasteiger partial charge in [-0.25, -0.2) is 4.39 Å². The minimum absolute atomic E-state index is 0.124. The zero-order valence-corrected chi connectivity index (χ0v) is 10.7. The molecule has 0 aliphatic heterocycles. The van der Waals surface area contributed by atoms with Crippen molar-refractivity contribution in [3.63, 3.8) is 0 Å². The van der Waals surface area contributed by atoms with Gasteiger partial charge < -0.3 is 10.2 Å². The second-order valence-corrected chi connectivity index (χ2v) is 4.19. The maximum absolute atomic E-state index is 13.5. The van der Waals surface area contributed by atoms with Gasteiger partial charge in [0.2, 0.25) is 5.91 Å². The Morgan fingerprint density at radius 2 is 2.24 bits per heavy atom. The second-order valence-electron chi connectivity index (χ2n) is 3.76. The van der Waals surface area contributed by atoms with Crippen molar-refractivity contribution in [3.8, 4) is 0 Å². The van der Waals surface area contributed by atoms with Crippen molar-refractivity contribution in [2.24, 2.45) is 0 Å². The highest BCUT2D eigenvalue weighted by atomic mass is 35.5. The van der Waals surface area contributed by atoms with E-state index in [2.05, 4.69) is 5.32 Å². The number of halogens is 2. The van der Waals surface area contributed by atoms with Gasteiger partial charge in [-0.3, -0.25) is 4.79 Å². The summed E-state index contributed by atoms with van der Waals surface area (Å²) in [5, 5.41) is 3.37. The lowest BCUT2D eigenvalue weighted by Crippen LogP contribution is -2.27. The summed E-state index contributed by atoms with van der Waals surface area (Å²) in [5.74, 6) is -0.569. The van der Waals surface area contributed by atoms with Gasteiger partial charge in [-0.15, -0.1) is 0 Å². The van der Waals surface area contributed by atoms with Crippen LogP contribution in [0.15, 0.2) is 18.2 Å². The molecule has 0 radical (unpaired) electrons. The molecule has 1 aromatic rings. The summed E-state index contributed by atoms with van der Waals surface area (Å²) in [6, 6.07) is 4.17. The van der Waals surface area contributed by atoms with Crippen molar-refractivity contribution in [1.82, 2.24) is 5.32 Å². The molecule has 0 bridgehead atoms. The van der Waals surface area contributed by atoms with Crippen LogP contribution in [0, 0.1) is 5.82 Å². The molecule has 1 N–H and O–H groups in total. The first-order valence-electron chi connectivity index (χ1n) is 5.42. The molecule has 1 aromatic carbocycles. The number of carbonyl (C=O) groups excluding carboxylic acids is 1. The molecule has 0 heterocycles. The van der Waals surface area contributed by atoms with E-state index in [-0.39, 0.29) is 11.6 Å². The summed E-state index contributed by atoms with van der Waals surface area (Å²) < 4.78 is 13.5. The van der Waals surface area contributed by atoms with E-state index in [1.165, 1.54) is 23.1 Å². The highest BCUT2D eigenvalue weighted by Gasteiger charge is 2.14. The van der Waals surface area contributed by atoms with Gasteiger partial charge in [-0.2, -0.15) is 0 Å². The van der Waals surface area contributed by atoms with E-state index >= 15 is 0 Å². The maximum Gasteiger partial charge on any atom is 0.226 e. The Labute approximate surface area is 106 Å². The van der Waals surface area contributed by atoms with Crippen LogP contribution in [0.25, 0.3) is 0 Å². The lowest BCUT2D eigenvalue weighted by Gasteiger charge is -2.18. The summed E-state index contributed by atoms with van der Waals surface area (Å²) in [4.78, 5) is 13.1. The standard InChI is InChI=1S/C12H16ClFN2O/c1-15-7-3-4-12(17)16(2)11-8-9(13)5-6-10(11)14/h5-6,8,15H,3-4,7H2,1-2H3. The predicted octanol–water partition coefficient (Wildman–Crippen LogP) is 2.44. The van der Waals surface area contributed by atoms with E-state index in [4.69, 9.17) is 11.6 Å². The van der Waals surface area contributed by atoms with Gasteiger partial charge >= 0.3 is 0 Å². The average molecular weight is 259 g/mol. The van der Waals surface area contributed by atoms with Crippen LogP contribution in [-0.4, -0.2) is 26.5 Å². The van der Waals surface area contributed by atoms with Gasteiger partial charge in [0.25, 0.3) is 0 Å². The number of benzene rings is 1. The van der Waals surface area contributed by atoms with Crippen molar-refractivity contribution in [2.45, 2.75) is 12.8 Å². The van der Waals surface area contributed by atoms with E-state index in [0.29, 0.717) is 11.4 Å². The largest absolute Gasteiger partial charge is 0.320 e. The molecule has 1 amide bonds. The normalized spacial score (nSPS) is 10.4. The Bertz CT molecular complexity index is 398. The topological polar surface area (TPSA) is 32.3 Å². The van der Waals surface area contributed by atoms with Gasteiger partial charge in [-0.1, -0.05) is 11.6 Å². The Morgan fingerprint density at radius 1 is 1.53 bits per heavy atom. The molecule has 0 aliphatic carbocycles. The van der Waals surface area contributed by atoms with Gasteiger partial charge in [-0.05, 0) is 38.2 Å². The summed E-state index contributed by atoms with van der Waals surface area (Å²) in [5.41, 5.74) is 0.215. The first-order chi connectivity index (χ1) is 8.06. The lowest BCUT2D eigenvalue weighted by molar-refractivity contribution is -0.118. The van der Waals surface area contributed by atoms with Crippen LogP contribution in [0.4, 0.5) is 10.1 Å². The van der Waals surface area contributed by atoms with Gasteiger partial charge in [0.1, 0.15) is 5.82 Å². The van der Waals surface area contributed by atoms with E-state index in [0.717, 1.165) is 13.0 Å². The van der Waals surface area contributed by atoms with Crippen molar-refractivity contribution in [2.75, 3.05) is 25.5 Å². The number of rotatable bonds is 5. The molecular formula is C12H16ClFN2O. The molecular weight excluding hydrogens is 243 g/mol. The molecule has 0 unspecified atom stereocenters. The molecule has 17 heavy (non-hydrogen) atoms. The summed E-state index contributed by atoms with van der Waals surface area (Å²) >= 11 is 5.78. The Kier molecular flexibility index (Phi) is 5.38. The molecule has 1 rings (SSSR count). The molecule has 0 aliphatic rings. The SMILES string of the molecule is CNCCCC(=O)N(C)c1cc(Cl)ccc1F. The van der Waals surface area contributed by atoms with Crippen LogP contribution in [0.2, 0.25) is 5.02 Å². The maximum atomic E-state index is 13.5. The Balaban J connectivity index is 2.71. The van der Waals surface area contributed by atoms with Crippen LogP contribution in [0.1, 0.15) is 12.8 Å². The zero-order valence-electron chi connectivity index (χ0n) is 9.96. The number of nitrogens with one attached hydrogen (secondary N) is 1. The fourth-order valence-corrected chi connectivity index (χ4v) is 1.63. The number of carbonyl (C=O) groups is 1. The number of hydrogen-bond acceptors (Lipinski definition) is 2. The van der Waals surface area contributed by atoms with E-state index in [9.17, 15) is 9.18 Å². The molecule has 5 heteroatoms. The third kappa shape index (κ3) is 3.98. The molecule has 0 atom stereocenters. The summed E-state index contributed by atoms with van der Waals surface area (Å²) in [6.07, 6.45) is 1.10. The summed E-state index contributed by atoms with van der Waals surface area (Å²) in [7, 11) is 3.38. The molecule has 0 saturated carbocycles. The third-order valence-electron chi connectivity index (χ3n) is 2.46. The second kappa shape index (κ2) is 6.57. The molecule has 0 aromatic heterocycles. The Hall–Kier alpha value is -1.13. The first kappa shape index (κ1) is 13.9. The van der Waals surface area contributed by atoms with Gasteiger partial charge in [0, 0.05) is 18.5 Å². The minimum atomic E-state index is -0.445. The molecule has 94 valence electrons. The van der Waals surface area contributed by atoms with Crippen molar-refractivity contribution in [1.29, 1.82) is 0 Å². The quantitative estimate of drug-likeness (QED) is 0.823. The van der Waals surface area contributed by atoms with Crippen molar-refractivity contribution in [3.05, 3.63) is 29.0 Å². The predicted molar refractivity (Wildman–Crippen MR) is 68.0 cm³/mol. The smallest absolute Gasteiger partial charge is 0.226 e. The van der Waals surface area contributed by atoms with Gasteiger partial charge in [0.15, 0.2) is 0 Å². The van der Waals surface area contributed by atoms with E-state index in [1.807, 2.05) is 7.05 Å². The fourth-order valence-electron chi connectivity index (χ4n) is 1.46. The highest BCUT2D eigenvalue weighted by Crippen LogP contribution is 2.23. The number of amides is 1. The van der Waals surface area contributed by atoms with Crippen LogP contribution in [0.5, 0.6) is 0 Å².